The second-order valence-electron chi connectivity index (χ2n) is 7.46. The molecule has 1 aliphatic carbocycles. The van der Waals surface area contributed by atoms with Gasteiger partial charge in [0.25, 0.3) is 0 Å². The fourth-order valence-electron chi connectivity index (χ4n) is 3.91. The van der Waals surface area contributed by atoms with Gasteiger partial charge in [0.1, 0.15) is 12.4 Å². The van der Waals surface area contributed by atoms with Gasteiger partial charge in [-0.1, -0.05) is 24.3 Å². The van der Waals surface area contributed by atoms with Crippen LogP contribution in [-0.2, 0) is 24.3 Å². The van der Waals surface area contributed by atoms with Crippen LogP contribution in [0.2, 0.25) is 0 Å². The summed E-state index contributed by atoms with van der Waals surface area (Å²) in [6.45, 7) is 3.45. The van der Waals surface area contributed by atoms with Crippen molar-refractivity contribution >= 4 is 5.96 Å². The molecule has 1 aromatic carbocycles. The molecule has 7 heteroatoms. The third-order valence-electron chi connectivity index (χ3n) is 5.44. The fourth-order valence-corrected chi connectivity index (χ4v) is 3.91. The standard InChI is InChI=1S/C20H28N6O/c1-13-6-4-5-7-15(13)16-10-17(16)23-20(21-2)22-14-8-9-19-24-18(12-27-3)25-26(19)11-14/h4-7,14,16-17H,8-12H2,1-3H3,(H2,21,22,23). The minimum atomic E-state index is 0.302. The Labute approximate surface area is 160 Å². The van der Waals surface area contributed by atoms with E-state index in [1.807, 2.05) is 11.7 Å². The van der Waals surface area contributed by atoms with Crippen LogP contribution in [0.1, 0.15) is 41.5 Å². The zero-order chi connectivity index (χ0) is 18.8. The molecule has 7 nitrogen and oxygen atoms in total. The zero-order valence-corrected chi connectivity index (χ0v) is 16.3. The summed E-state index contributed by atoms with van der Waals surface area (Å²) in [7, 11) is 3.50. The molecule has 0 radical (unpaired) electrons. The lowest BCUT2D eigenvalue weighted by Gasteiger charge is -2.25. The second kappa shape index (κ2) is 7.68. The van der Waals surface area contributed by atoms with Crippen LogP contribution >= 0.6 is 0 Å². The number of aliphatic imine (C=N–C) groups is 1. The van der Waals surface area contributed by atoms with Crippen LogP contribution in [0.3, 0.4) is 0 Å². The Balaban J connectivity index is 1.33. The van der Waals surface area contributed by atoms with E-state index < -0.39 is 0 Å². The Morgan fingerprint density at radius 3 is 2.96 bits per heavy atom. The number of nitrogens with one attached hydrogen (secondary N) is 2. The molecule has 1 saturated carbocycles. The van der Waals surface area contributed by atoms with Gasteiger partial charge < -0.3 is 15.4 Å². The number of rotatable bonds is 5. The highest BCUT2D eigenvalue weighted by Gasteiger charge is 2.40. The maximum Gasteiger partial charge on any atom is 0.191 e. The summed E-state index contributed by atoms with van der Waals surface area (Å²) in [4.78, 5) is 8.97. The number of aryl methyl sites for hydroxylation is 2. The van der Waals surface area contributed by atoms with E-state index in [9.17, 15) is 0 Å². The minimum Gasteiger partial charge on any atom is -0.377 e. The van der Waals surface area contributed by atoms with Gasteiger partial charge in [0, 0.05) is 38.6 Å². The number of fused-ring (bicyclic) bond motifs is 1. The van der Waals surface area contributed by atoms with Crippen LogP contribution in [-0.4, -0.2) is 47.0 Å². The molecular weight excluding hydrogens is 340 g/mol. The van der Waals surface area contributed by atoms with Crippen molar-refractivity contribution in [2.75, 3.05) is 14.2 Å². The van der Waals surface area contributed by atoms with E-state index in [1.165, 1.54) is 11.1 Å². The fraction of sp³-hybridized carbons (Fsp3) is 0.550. The van der Waals surface area contributed by atoms with E-state index in [4.69, 9.17) is 4.74 Å². The van der Waals surface area contributed by atoms with Crippen LogP contribution < -0.4 is 10.6 Å². The van der Waals surface area contributed by atoms with Crippen molar-refractivity contribution in [3.63, 3.8) is 0 Å². The first kappa shape index (κ1) is 18.0. The molecular formula is C20H28N6O. The minimum absolute atomic E-state index is 0.302. The number of hydrogen-bond acceptors (Lipinski definition) is 4. The number of nitrogens with zero attached hydrogens (tertiary/aromatic N) is 4. The average molecular weight is 368 g/mol. The lowest BCUT2D eigenvalue weighted by Crippen LogP contribution is -2.47. The molecule has 0 saturated heterocycles. The molecule has 4 rings (SSSR count). The Morgan fingerprint density at radius 1 is 1.33 bits per heavy atom. The molecule has 0 bridgehead atoms. The summed E-state index contributed by atoms with van der Waals surface area (Å²) in [6, 6.07) is 9.41. The van der Waals surface area contributed by atoms with E-state index in [-0.39, 0.29) is 0 Å². The van der Waals surface area contributed by atoms with Gasteiger partial charge >= 0.3 is 0 Å². The van der Waals surface area contributed by atoms with Crippen LogP contribution in [0.5, 0.6) is 0 Å². The van der Waals surface area contributed by atoms with Crippen LogP contribution in [0.15, 0.2) is 29.3 Å². The van der Waals surface area contributed by atoms with Crippen molar-refractivity contribution < 1.29 is 4.74 Å². The first-order chi connectivity index (χ1) is 13.2. The predicted molar refractivity (Wildman–Crippen MR) is 105 cm³/mol. The highest BCUT2D eigenvalue weighted by Crippen LogP contribution is 2.42. The third kappa shape index (κ3) is 3.98. The lowest BCUT2D eigenvalue weighted by molar-refractivity contribution is 0.177. The van der Waals surface area contributed by atoms with E-state index in [0.29, 0.717) is 24.6 Å². The van der Waals surface area contributed by atoms with E-state index in [1.54, 1.807) is 7.11 Å². The normalized spacial score (nSPS) is 24.4. The van der Waals surface area contributed by atoms with Crippen molar-refractivity contribution in [2.45, 2.75) is 57.3 Å². The van der Waals surface area contributed by atoms with Crippen LogP contribution in [0.25, 0.3) is 0 Å². The number of ether oxygens (including phenoxy) is 1. The van der Waals surface area contributed by atoms with Gasteiger partial charge in [-0.3, -0.25) is 4.99 Å². The molecule has 2 aromatic rings. The lowest BCUT2D eigenvalue weighted by atomic mass is 10.0. The van der Waals surface area contributed by atoms with E-state index in [2.05, 4.69) is 56.9 Å². The molecule has 27 heavy (non-hydrogen) atoms. The third-order valence-corrected chi connectivity index (χ3v) is 5.44. The monoisotopic (exact) mass is 368 g/mol. The van der Waals surface area contributed by atoms with Crippen LogP contribution in [0.4, 0.5) is 0 Å². The number of benzene rings is 1. The molecule has 1 aliphatic heterocycles. The molecule has 144 valence electrons. The summed E-state index contributed by atoms with van der Waals surface area (Å²) < 4.78 is 7.13. The summed E-state index contributed by atoms with van der Waals surface area (Å²) in [6.07, 6.45) is 3.10. The first-order valence-corrected chi connectivity index (χ1v) is 9.65. The van der Waals surface area contributed by atoms with Gasteiger partial charge in [-0.25, -0.2) is 9.67 Å². The zero-order valence-electron chi connectivity index (χ0n) is 16.3. The molecule has 1 fully saturated rings. The van der Waals surface area contributed by atoms with Crippen molar-refractivity contribution in [1.29, 1.82) is 0 Å². The topological polar surface area (TPSA) is 76.4 Å². The van der Waals surface area contributed by atoms with Gasteiger partial charge in [0.15, 0.2) is 11.8 Å². The molecule has 3 atom stereocenters. The number of guanidine groups is 1. The summed E-state index contributed by atoms with van der Waals surface area (Å²) in [5.41, 5.74) is 2.81. The second-order valence-corrected chi connectivity index (χ2v) is 7.46. The summed E-state index contributed by atoms with van der Waals surface area (Å²) in [5.74, 6) is 3.26. The van der Waals surface area contributed by atoms with Crippen LogP contribution in [0, 0.1) is 6.92 Å². The van der Waals surface area contributed by atoms with Crippen molar-refractivity contribution in [3.8, 4) is 0 Å². The maximum absolute atomic E-state index is 5.14. The molecule has 2 heterocycles. The van der Waals surface area contributed by atoms with Gasteiger partial charge in [-0.05, 0) is 30.9 Å². The Morgan fingerprint density at radius 2 is 2.19 bits per heavy atom. The van der Waals surface area contributed by atoms with Crippen molar-refractivity contribution in [3.05, 3.63) is 47.0 Å². The maximum atomic E-state index is 5.14. The molecule has 2 N–H and O–H groups in total. The number of aromatic nitrogens is 3. The molecule has 0 spiro atoms. The molecule has 1 aromatic heterocycles. The summed E-state index contributed by atoms with van der Waals surface area (Å²) >= 11 is 0. The quantitative estimate of drug-likeness (QED) is 0.621. The highest BCUT2D eigenvalue weighted by molar-refractivity contribution is 5.80. The molecule has 0 amide bonds. The largest absolute Gasteiger partial charge is 0.377 e. The Hall–Kier alpha value is -2.41. The molecule has 2 aliphatic rings. The van der Waals surface area contributed by atoms with Gasteiger partial charge in [0.05, 0.1) is 6.54 Å². The Bertz CT molecular complexity index is 830. The number of hydrogen-bond donors (Lipinski definition) is 2. The van der Waals surface area contributed by atoms with Gasteiger partial charge in [-0.15, -0.1) is 0 Å². The van der Waals surface area contributed by atoms with E-state index in [0.717, 1.165) is 43.4 Å². The Kier molecular flexibility index (Phi) is 5.11. The average Bonchev–Trinajstić information content (AvgIpc) is 3.30. The van der Waals surface area contributed by atoms with Crippen molar-refractivity contribution in [1.82, 2.24) is 25.4 Å². The first-order valence-electron chi connectivity index (χ1n) is 9.65. The molecule has 3 unspecified atom stereocenters. The van der Waals surface area contributed by atoms with Gasteiger partial charge in [0.2, 0.25) is 0 Å². The number of methoxy groups -OCH3 is 1. The van der Waals surface area contributed by atoms with Gasteiger partial charge in [-0.2, -0.15) is 5.10 Å². The van der Waals surface area contributed by atoms with E-state index >= 15 is 0 Å². The smallest absolute Gasteiger partial charge is 0.191 e. The summed E-state index contributed by atoms with van der Waals surface area (Å²) in [5, 5.41) is 11.7. The highest BCUT2D eigenvalue weighted by atomic mass is 16.5. The predicted octanol–water partition coefficient (Wildman–Crippen LogP) is 1.77. The SMILES string of the molecule is CN=C(NC1CCc2nc(COC)nn2C1)NC1CC1c1ccccc1C. The van der Waals surface area contributed by atoms with Crippen molar-refractivity contribution in [2.24, 2.45) is 4.99 Å².